The van der Waals surface area contributed by atoms with E-state index in [1.54, 1.807) is 0 Å². The monoisotopic (exact) mass is 258 g/mol. The summed E-state index contributed by atoms with van der Waals surface area (Å²) in [5.74, 6) is 6.24. The van der Waals surface area contributed by atoms with E-state index >= 15 is 0 Å². The maximum Gasteiger partial charge on any atom is 0.211 e. The van der Waals surface area contributed by atoms with Crippen molar-refractivity contribution in [2.75, 3.05) is 6.61 Å². The van der Waals surface area contributed by atoms with Gasteiger partial charge in [-0.25, -0.2) is 0 Å². The number of rotatable bonds is 6. The molecule has 0 aliphatic heterocycles. The van der Waals surface area contributed by atoms with E-state index in [1.807, 2.05) is 11.8 Å². The second-order valence-electron chi connectivity index (χ2n) is 4.79. The van der Waals surface area contributed by atoms with Crippen LogP contribution < -0.4 is 0 Å². The molecule has 0 N–H and O–H groups in total. The van der Waals surface area contributed by atoms with Crippen LogP contribution in [0, 0.1) is 11.8 Å². The van der Waals surface area contributed by atoms with Crippen LogP contribution in [0.3, 0.4) is 0 Å². The largest absolute Gasteiger partial charge is 0.403 e. The molecule has 96 valence electrons. The molecule has 0 heterocycles. The molecule has 0 bridgehead atoms. The third-order valence-corrected chi connectivity index (χ3v) is 4.61. The summed E-state index contributed by atoms with van der Waals surface area (Å²) >= 11 is 0. The van der Waals surface area contributed by atoms with Crippen LogP contribution in [-0.2, 0) is 10.8 Å². The Morgan fingerprint density at radius 1 is 1.22 bits per heavy atom. The number of unbranched alkanes of at least 4 members (excludes halogenated alkanes) is 1. The minimum atomic E-state index is -1.64. The fourth-order valence-corrected chi connectivity index (χ4v) is 2.01. The molecule has 1 rings (SSSR count). The highest BCUT2D eigenvalue weighted by atomic mass is 28.4. The lowest BCUT2D eigenvalue weighted by atomic mass is 10.1. The van der Waals surface area contributed by atoms with Gasteiger partial charge in [-0.15, -0.1) is 12.5 Å². The zero-order valence-corrected chi connectivity index (χ0v) is 12.4. The Morgan fingerprint density at radius 3 is 2.61 bits per heavy atom. The van der Waals surface area contributed by atoms with Crippen molar-refractivity contribution in [3.05, 3.63) is 48.2 Å². The fourth-order valence-electron chi connectivity index (χ4n) is 1.45. The Labute approximate surface area is 112 Å². The summed E-state index contributed by atoms with van der Waals surface area (Å²) in [5, 5.41) is 0. The van der Waals surface area contributed by atoms with Crippen LogP contribution in [0.4, 0.5) is 0 Å². The van der Waals surface area contributed by atoms with Crippen molar-refractivity contribution in [2.24, 2.45) is 0 Å². The van der Waals surface area contributed by atoms with E-state index in [4.69, 9.17) is 4.43 Å². The van der Waals surface area contributed by atoms with Crippen molar-refractivity contribution in [1.29, 1.82) is 0 Å². The van der Waals surface area contributed by atoms with Crippen LogP contribution in [0.2, 0.25) is 13.1 Å². The molecular weight excluding hydrogens is 236 g/mol. The standard InChI is InChI=1S/C16H22OSi/c1-4-18(2,3)17-15-11-6-5-8-12-16-13-9-7-10-14-16/h4,7,9-10,13-14H,1,5,8,12,15H2,2-3H3. The SMILES string of the molecule is C=C[Si](C)(C)OCC#CCCCc1ccccc1. The van der Waals surface area contributed by atoms with Gasteiger partial charge in [-0.3, -0.25) is 0 Å². The van der Waals surface area contributed by atoms with E-state index in [9.17, 15) is 0 Å². The van der Waals surface area contributed by atoms with Gasteiger partial charge in [0.1, 0.15) is 0 Å². The number of hydrogen-bond donors (Lipinski definition) is 0. The van der Waals surface area contributed by atoms with Crippen molar-refractivity contribution in [2.45, 2.75) is 32.4 Å². The van der Waals surface area contributed by atoms with Gasteiger partial charge in [-0.1, -0.05) is 42.0 Å². The Morgan fingerprint density at radius 2 is 1.94 bits per heavy atom. The summed E-state index contributed by atoms with van der Waals surface area (Å²) in [6.45, 7) is 8.57. The van der Waals surface area contributed by atoms with Crippen LogP contribution in [-0.4, -0.2) is 14.9 Å². The average molecular weight is 258 g/mol. The third-order valence-electron chi connectivity index (χ3n) is 2.74. The quantitative estimate of drug-likeness (QED) is 0.426. The summed E-state index contributed by atoms with van der Waals surface area (Å²) in [6.07, 6.45) is 3.15. The predicted molar refractivity (Wildman–Crippen MR) is 80.8 cm³/mol. The van der Waals surface area contributed by atoms with Crippen molar-refractivity contribution in [1.82, 2.24) is 0 Å². The van der Waals surface area contributed by atoms with Gasteiger partial charge in [0, 0.05) is 6.42 Å². The van der Waals surface area contributed by atoms with Gasteiger partial charge in [0.2, 0.25) is 8.32 Å². The molecule has 18 heavy (non-hydrogen) atoms. The van der Waals surface area contributed by atoms with Gasteiger partial charge in [-0.05, 0) is 31.5 Å². The number of benzene rings is 1. The number of hydrogen-bond acceptors (Lipinski definition) is 1. The minimum Gasteiger partial charge on any atom is -0.403 e. The Kier molecular flexibility index (Phi) is 6.49. The molecule has 0 aliphatic rings. The van der Waals surface area contributed by atoms with Gasteiger partial charge in [-0.2, -0.15) is 0 Å². The minimum absolute atomic E-state index is 0.538. The van der Waals surface area contributed by atoms with Crippen molar-refractivity contribution in [3.63, 3.8) is 0 Å². The molecule has 0 radical (unpaired) electrons. The van der Waals surface area contributed by atoms with Gasteiger partial charge in [0.15, 0.2) is 0 Å². The molecule has 2 heteroatoms. The molecule has 0 spiro atoms. The smallest absolute Gasteiger partial charge is 0.211 e. The normalized spacial score (nSPS) is 10.6. The molecule has 0 amide bonds. The van der Waals surface area contributed by atoms with Gasteiger partial charge >= 0.3 is 0 Å². The first-order valence-electron chi connectivity index (χ1n) is 6.41. The van der Waals surface area contributed by atoms with Gasteiger partial charge in [0.25, 0.3) is 0 Å². The molecule has 1 nitrogen and oxygen atoms in total. The zero-order chi connectivity index (χ0) is 13.3. The van der Waals surface area contributed by atoms with E-state index < -0.39 is 8.32 Å². The molecule has 1 aromatic rings. The van der Waals surface area contributed by atoms with E-state index in [0.717, 1.165) is 19.3 Å². The molecule has 0 unspecified atom stereocenters. The lowest BCUT2D eigenvalue weighted by Gasteiger charge is -2.15. The fraction of sp³-hybridized carbons (Fsp3) is 0.375. The van der Waals surface area contributed by atoms with Crippen LogP contribution in [0.5, 0.6) is 0 Å². The Bertz CT molecular complexity index is 412. The van der Waals surface area contributed by atoms with Gasteiger partial charge in [0.05, 0.1) is 6.61 Å². The Balaban J connectivity index is 2.14. The highest BCUT2D eigenvalue weighted by molar-refractivity contribution is 6.76. The zero-order valence-electron chi connectivity index (χ0n) is 11.4. The van der Waals surface area contributed by atoms with Gasteiger partial charge < -0.3 is 4.43 Å². The van der Waals surface area contributed by atoms with Crippen molar-refractivity contribution in [3.8, 4) is 11.8 Å². The van der Waals surface area contributed by atoms with Crippen molar-refractivity contribution < 1.29 is 4.43 Å². The second-order valence-corrected chi connectivity index (χ2v) is 8.69. The summed E-state index contributed by atoms with van der Waals surface area (Å²) in [4.78, 5) is 0. The third kappa shape index (κ3) is 6.44. The van der Waals surface area contributed by atoms with Crippen molar-refractivity contribution >= 4 is 8.32 Å². The second kappa shape index (κ2) is 7.92. The van der Waals surface area contributed by atoms with Crippen LogP contribution in [0.25, 0.3) is 0 Å². The molecule has 0 aromatic heterocycles. The Hall–Kier alpha value is -1.30. The first-order chi connectivity index (χ1) is 8.64. The first kappa shape index (κ1) is 14.8. The molecular formula is C16H22OSi. The molecule has 0 aliphatic carbocycles. The molecule has 1 aromatic carbocycles. The molecule has 0 saturated carbocycles. The van der Waals surface area contributed by atoms with Crippen LogP contribution in [0.1, 0.15) is 18.4 Å². The van der Waals surface area contributed by atoms with E-state index in [2.05, 4.69) is 55.8 Å². The highest BCUT2D eigenvalue weighted by Gasteiger charge is 2.15. The average Bonchev–Trinajstić information content (AvgIpc) is 2.39. The predicted octanol–water partition coefficient (Wildman–Crippen LogP) is 3.96. The lowest BCUT2D eigenvalue weighted by molar-refractivity contribution is 0.369. The summed E-state index contributed by atoms with van der Waals surface area (Å²) in [6, 6.07) is 10.5. The van der Waals surface area contributed by atoms with E-state index in [-0.39, 0.29) is 0 Å². The summed E-state index contributed by atoms with van der Waals surface area (Å²) in [5.41, 5.74) is 3.32. The molecule has 0 fully saturated rings. The maximum absolute atomic E-state index is 5.69. The van der Waals surface area contributed by atoms with E-state index in [1.165, 1.54) is 5.56 Å². The number of aryl methyl sites for hydroxylation is 1. The van der Waals surface area contributed by atoms with Crippen LogP contribution >= 0.6 is 0 Å². The highest BCUT2D eigenvalue weighted by Crippen LogP contribution is 2.05. The summed E-state index contributed by atoms with van der Waals surface area (Å²) in [7, 11) is -1.64. The van der Waals surface area contributed by atoms with E-state index in [0.29, 0.717) is 6.61 Å². The van der Waals surface area contributed by atoms with Crippen LogP contribution in [0.15, 0.2) is 42.6 Å². The first-order valence-corrected chi connectivity index (χ1v) is 9.40. The molecule has 0 atom stereocenters. The summed E-state index contributed by atoms with van der Waals surface area (Å²) < 4.78 is 5.69. The topological polar surface area (TPSA) is 9.23 Å². The maximum atomic E-state index is 5.69. The molecule has 0 saturated heterocycles. The lowest BCUT2D eigenvalue weighted by Crippen LogP contribution is -2.27.